The summed E-state index contributed by atoms with van der Waals surface area (Å²) < 4.78 is 0. The first kappa shape index (κ1) is 9.30. The topological polar surface area (TPSA) is 0 Å². The Hall–Kier alpha value is -0.700. The van der Waals surface area contributed by atoms with Crippen LogP contribution in [0.1, 0.15) is 39.0 Å². The minimum absolute atomic E-state index is 1.14. The third-order valence-electron chi connectivity index (χ3n) is 1.44. The summed E-state index contributed by atoms with van der Waals surface area (Å²) >= 11 is 0. The predicted molar refractivity (Wildman–Crippen MR) is 46.7 cm³/mol. The molecule has 0 fully saturated rings. The lowest BCUT2D eigenvalue weighted by atomic mass is 10.1. The smallest absolute Gasteiger partial charge is 0.0162 e. The highest BCUT2D eigenvalue weighted by molar-refractivity contribution is 5.08. The van der Waals surface area contributed by atoms with Crippen molar-refractivity contribution in [3.8, 4) is 12.3 Å². The molecule has 0 amide bonds. The second kappa shape index (κ2) is 8.30. The second-order valence-corrected chi connectivity index (χ2v) is 2.42. The van der Waals surface area contributed by atoms with E-state index in [1.807, 2.05) is 0 Å². The number of terminal acetylenes is 1. The van der Waals surface area contributed by atoms with Crippen molar-refractivity contribution in [3.05, 3.63) is 12.2 Å². The maximum Gasteiger partial charge on any atom is -0.0162 e. The van der Waals surface area contributed by atoms with Gasteiger partial charge in [-0.15, -0.1) is 6.42 Å². The molecular weight excluding hydrogens is 120 g/mol. The monoisotopic (exact) mass is 136 g/mol. The van der Waals surface area contributed by atoms with E-state index in [-0.39, 0.29) is 0 Å². The molecule has 0 aliphatic rings. The number of hydrogen-bond donors (Lipinski definition) is 0. The molecule has 0 aromatic carbocycles. The Bertz CT molecular complexity index is 114. The molecule has 10 heavy (non-hydrogen) atoms. The van der Waals surface area contributed by atoms with E-state index in [0.717, 1.165) is 6.42 Å². The summed E-state index contributed by atoms with van der Waals surface area (Å²) in [6.07, 6.45) is 15.3. The quantitative estimate of drug-likeness (QED) is 0.402. The van der Waals surface area contributed by atoms with Crippen molar-refractivity contribution in [2.24, 2.45) is 0 Å². The van der Waals surface area contributed by atoms with Crippen LogP contribution < -0.4 is 0 Å². The molecule has 0 aromatic rings. The third kappa shape index (κ3) is 7.30. The molecule has 0 aliphatic heterocycles. The van der Waals surface area contributed by atoms with E-state index in [0.29, 0.717) is 0 Å². The van der Waals surface area contributed by atoms with Gasteiger partial charge in [0.2, 0.25) is 0 Å². The van der Waals surface area contributed by atoms with Crippen LogP contribution in [0.4, 0.5) is 0 Å². The van der Waals surface area contributed by atoms with Crippen LogP contribution >= 0.6 is 0 Å². The first-order valence-electron chi connectivity index (χ1n) is 4.03. The molecule has 0 aliphatic carbocycles. The second-order valence-electron chi connectivity index (χ2n) is 2.42. The lowest BCUT2D eigenvalue weighted by molar-refractivity contribution is 0.674. The lowest BCUT2D eigenvalue weighted by Crippen LogP contribution is -1.72. The highest BCUT2D eigenvalue weighted by Gasteiger charge is 1.82. The van der Waals surface area contributed by atoms with Gasteiger partial charge in [-0.3, -0.25) is 0 Å². The lowest BCUT2D eigenvalue weighted by Gasteiger charge is -1.92. The van der Waals surface area contributed by atoms with E-state index in [4.69, 9.17) is 6.42 Å². The van der Waals surface area contributed by atoms with Gasteiger partial charge in [-0.05, 0) is 18.9 Å². The fraction of sp³-hybridized carbons (Fsp3) is 0.600. The van der Waals surface area contributed by atoms with Crippen LogP contribution in [0, 0.1) is 12.3 Å². The van der Waals surface area contributed by atoms with Crippen molar-refractivity contribution >= 4 is 0 Å². The van der Waals surface area contributed by atoms with E-state index < -0.39 is 0 Å². The zero-order valence-corrected chi connectivity index (χ0v) is 6.77. The highest BCUT2D eigenvalue weighted by atomic mass is 13.9. The van der Waals surface area contributed by atoms with Crippen molar-refractivity contribution in [1.29, 1.82) is 0 Å². The molecule has 0 aromatic heterocycles. The third-order valence-corrected chi connectivity index (χ3v) is 1.44. The summed E-state index contributed by atoms with van der Waals surface area (Å²) in [5, 5.41) is 0. The number of unbranched alkanes of at least 4 members (excludes halogenated alkanes) is 4. The minimum Gasteiger partial charge on any atom is -0.115 e. The van der Waals surface area contributed by atoms with Gasteiger partial charge in [0.15, 0.2) is 0 Å². The Morgan fingerprint density at radius 1 is 1.30 bits per heavy atom. The van der Waals surface area contributed by atoms with Gasteiger partial charge in [0.1, 0.15) is 0 Å². The summed E-state index contributed by atoms with van der Waals surface area (Å²) in [5.41, 5.74) is 0. The molecule has 0 saturated carbocycles. The van der Waals surface area contributed by atoms with Crippen LogP contribution in [-0.2, 0) is 0 Å². The Morgan fingerprint density at radius 3 is 2.70 bits per heavy atom. The molecular formula is C10H16. The van der Waals surface area contributed by atoms with Gasteiger partial charge in [0, 0.05) is 0 Å². The van der Waals surface area contributed by atoms with Gasteiger partial charge < -0.3 is 0 Å². The number of rotatable bonds is 5. The first-order valence-corrected chi connectivity index (χ1v) is 4.03. The van der Waals surface area contributed by atoms with Crippen molar-refractivity contribution < 1.29 is 0 Å². The van der Waals surface area contributed by atoms with Gasteiger partial charge in [-0.1, -0.05) is 38.2 Å². The Labute approximate surface area is 64.3 Å². The molecule has 0 radical (unpaired) electrons. The van der Waals surface area contributed by atoms with Crippen LogP contribution in [-0.4, -0.2) is 0 Å². The zero-order chi connectivity index (χ0) is 7.66. The maximum absolute atomic E-state index is 5.03. The van der Waals surface area contributed by atoms with Crippen LogP contribution in [0.25, 0.3) is 0 Å². The molecule has 0 nitrogen and oxygen atoms in total. The predicted octanol–water partition coefficient (Wildman–Crippen LogP) is 3.15. The highest BCUT2D eigenvalue weighted by Crippen LogP contribution is 2.02. The van der Waals surface area contributed by atoms with Crippen LogP contribution in [0.3, 0.4) is 0 Å². The molecule has 0 atom stereocenters. The first-order chi connectivity index (χ1) is 4.91. The molecule has 0 saturated heterocycles. The summed E-state index contributed by atoms with van der Waals surface area (Å²) in [6, 6.07) is 0. The number of hydrogen-bond acceptors (Lipinski definition) is 0. The van der Waals surface area contributed by atoms with Gasteiger partial charge in [0.05, 0.1) is 0 Å². The Morgan fingerprint density at radius 2 is 2.10 bits per heavy atom. The molecule has 0 unspecified atom stereocenters. The van der Waals surface area contributed by atoms with Crippen LogP contribution in [0.5, 0.6) is 0 Å². The molecule has 0 rings (SSSR count). The molecule has 0 N–H and O–H groups in total. The molecule has 0 bridgehead atoms. The van der Waals surface area contributed by atoms with E-state index in [9.17, 15) is 0 Å². The van der Waals surface area contributed by atoms with E-state index in [2.05, 4.69) is 18.9 Å². The average Bonchev–Trinajstić information content (AvgIpc) is 1.97. The van der Waals surface area contributed by atoms with Gasteiger partial charge in [-0.25, -0.2) is 0 Å². The van der Waals surface area contributed by atoms with Crippen molar-refractivity contribution in [3.63, 3.8) is 0 Å². The van der Waals surface area contributed by atoms with E-state index in [1.54, 1.807) is 6.08 Å². The summed E-state index contributed by atoms with van der Waals surface area (Å²) in [4.78, 5) is 0. The van der Waals surface area contributed by atoms with Crippen LogP contribution in [0.15, 0.2) is 12.2 Å². The fourth-order valence-electron chi connectivity index (χ4n) is 0.840. The van der Waals surface area contributed by atoms with Gasteiger partial charge >= 0.3 is 0 Å². The molecule has 0 heteroatoms. The largest absolute Gasteiger partial charge is 0.115 e. The SMILES string of the molecule is C#C/C=C\CCCCCC. The summed E-state index contributed by atoms with van der Waals surface area (Å²) in [6.45, 7) is 2.22. The Balaban J connectivity index is 2.92. The summed E-state index contributed by atoms with van der Waals surface area (Å²) in [7, 11) is 0. The number of allylic oxidation sites excluding steroid dienone is 2. The van der Waals surface area contributed by atoms with E-state index in [1.165, 1.54) is 25.7 Å². The van der Waals surface area contributed by atoms with E-state index >= 15 is 0 Å². The van der Waals surface area contributed by atoms with Crippen molar-refractivity contribution in [2.45, 2.75) is 39.0 Å². The Kier molecular flexibility index (Phi) is 7.72. The zero-order valence-electron chi connectivity index (χ0n) is 6.77. The standard InChI is InChI=1S/C10H16/c1-3-5-7-9-10-8-6-4-2/h1,5,7H,4,6,8-10H2,2H3/b7-5-. The van der Waals surface area contributed by atoms with Gasteiger partial charge in [-0.2, -0.15) is 0 Å². The van der Waals surface area contributed by atoms with Crippen molar-refractivity contribution in [2.75, 3.05) is 0 Å². The van der Waals surface area contributed by atoms with Crippen LogP contribution in [0.2, 0.25) is 0 Å². The molecule has 56 valence electrons. The normalized spacial score (nSPS) is 10.0. The summed E-state index contributed by atoms with van der Waals surface area (Å²) in [5.74, 6) is 2.48. The fourth-order valence-corrected chi connectivity index (χ4v) is 0.840. The molecule has 0 spiro atoms. The average molecular weight is 136 g/mol. The van der Waals surface area contributed by atoms with Gasteiger partial charge in [0.25, 0.3) is 0 Å². The minimum atomic E-state index is 1.14. The molecule has 0 heterocycles. The van der Waals surface area contributed by atoms with Crippen molar-refractivity contribution in [1.82, 2.24) is 0 Å². The maximum atomic E-state index is 5.03.